The lowest BCUT2D eigenvalue weighted by molar-refractivity contribution is 1.14. The molecule has 0 atom stereocenters. The smallest absolute Gasteiger partial charge is 0.281 e. The van der Waals surface area contributed by atoms with Gasteiger partial charge in [0.15, 0.2) is 11.5 Å². The van der Waals surface area contributed by atoms with E-state index in [1.807, 2.05) is 31.2 Å². The summed E-state index contributed by atoms with van der Waals surface area (Å²) in [5, 5.41) is 0. The van der Waals surface area contributed by atoms with Gasteiger partial charge < -0.3 is 11.5 Å². The van der Waals surface area contributed by atoms with E-state index in [1.165, 1.54) is 0 Å². The van der Waals surface area contributed by atoms with E-state index in [9.17, 15) is 4.79 Å². The van der Waals surface area contributed by atoms with E-state index in [0.717, 1.165) is 5.56 Å². The molecule has 1 aromatic carbocycles. The predicted octanol–water partition coefficient (Wildman–Crippen LogP) is 1.38. The first kappa shape index (κ1) is 12.5. The molecule has 96 valence electrons. The number of nitrogens with zero attached hydrogens (tertiary/aromatic N) is 3. The van der Waals surface area contributed by atoms with Crippen LogP contribution < -0.4 is 17.0 Å². The summed E-state index contributed by atoms with van der Waals surface area (Å²) in [6.45, 7) is 1.97. The Morgan fingerprint density at radius 2 is 1.89 bits per heavy atom. The molecule has 0 amide bonds. The number of hydrogen-bond donors (Lipinski definition) is 3. The number of aromatic nitrogens is 2. The molecule has 7 nitrogen and oxygen atoms in total. The van der Waals surface area contributed by atoms with Crippen LogP contribution in [0.5, 0.6) is 0 Å². The van der Waals surface area contributed by atoms with E-state index in [-0.39, 0.29) is 17.5 Å². The minimum atomic E-state index is -0.531. The number of aromatic amines is 1. The number of nitrogens with one attached hydrogen (secondary N) is 1. The molecule has 0 saturated heterocycles. The molecule has 0 fully saturated rings. The average molecular weight is 256 g/mol. The maximum absolute atomic E-state index is 11.5. The largest absolute Gasteiger partial charge is 0.382 e. The van der Waals surface area contributed by atoms with Crippen LogP contribution in [0.3, 0.4) is 0 Å². The van der Waals surface area contributed by atoms with Gasteiger partial charge in [-0.3, -0.25) is 9.78 Å². The topological polar surface area (TPSA) is 123 Å². The van der Waals surface area contributed by atoms with Crippen LogP contribution in [0.25, 0.3) is 0 Å². The van der Waals surface area contributed by atoms with Crippen molar-refractivity contribution < 1.29 is 0 Å². The second-order valence-electron chi connectivity index (χ2n) is 3.84. The van der Waals surface area contributed by atoms with E-state index >= 15 is 0 Å². The van der Waals surface area contributed by atoms with Crippen molar-refractivity contribution in [1.82, 2.24) is 9.97 Å². The highest BCUT2D eigenvalue weighted by Gasteiger charge is 2.05. The molecular formula is C12H12N6O. The number of hydrogen-bond acceptors (Lipinski definition) is 6. The van der Waals surface area contributed by atoms with Crippen LogP contribution in [0, 0.1) is 6.92 Å². The van der Waals surface area contributed by atoms with Crippen LogP contribution in [0.4, 0.5) is 23.1 Å². The fourth-order valence-corrected chi connectivity index (χ4v) is 1.36. The Kier molecular flexibility index (Phi) is 3.40. The quantitative estimate of drug-likeness (QED) is 0.702. The summed E-state index contributed by atoms with van der Waals surface area (Å²) in [6, 6.07) is 9.85. The van der Waals surface area contributed by atoms with E-state index in [0.29, 0.717) is 5.69 Å². The van der Waals surface area contributed by atoms with Gasteiger partial charge >= 0.3 is 0 Å². The Hall–Kier alpha value is -2.92. The van der Waals surface area contributed by atoms with E-state index < -0.39 is 5.56 Å². The van der Waals surface area contributed by atoms with Gasteiger partial charge in [0.2, 0.25) is 5.95 Å². The summed E-state index contributed by atoms with van der Waals surface area (Å²) < 4.78 is 0. The van der Waals surface area contributed by atoms with Gasteiger partial charge in [-0.2, -0.15) is 15.0 Å². The number of nitrogen functional groups attached to an aromatic ring is 2. The monoisotopic (exact) mass is 256 g/mol. The Balaban J connectivity index is 2.33. The van der Waals surface area contributed by atoms with Crippen LogP contribution in [0.1, 0.15) is 5.56 Å². The number of aliphatic imine (C=N–C) groups is 2. The Morgan fingerprint density at radius 1 is 1.21 bits per heavy atom. The lowest BCUT2D eigenvalue weighted by Crippen LogP contribution is -2.13. The van der Waals surface area contributed by atoms with Crippen molar-refractivity contribution in [3.63, 3.8) is 0 Å². The summed E-state index contributed by atoms with van der Waals surface area (Å²) in [5.41, 5.74) is 12.1. The van der Waals surface area contributed by atoms with Gasteiger partial charge in [-0.1, -0.05) is 17.7 Å². The van der Waals surface area contributed by atoms with E-state index in [2.05, 4.69) is 26.0 Å². The minimum absolute atomic E-state index is 0.0584. The molecule has 7 heteroatoms. The third-order valence-corrected chi connectivity index (χ3v) is 2.32. The Labute approximate surface area is 108 Å². The van der Waals surface area contributed by atoms with Crippen molar-refractivity contribution in [2.24, 2.45) is 9.98 Å². The summed E-state index contributed by atoms with van der Waals surface area (Å²) in [7, 11) is 0. The summed E-state index contributed by atoms with van der Waals surface area (Å²) in [4.78, 5) is 25.2. The van der Waals surface area contributed by atoms with E-state index in [1.54, 1.807) is 0 Å². The van der Waals surface area contributed by atoms with Crippen molar-refractivity contribution in [3.8, 4) is 0 Å². The van der Waals surface area contributed by atoms with Gasteiger partial charge in [0.1, 0.15) is 6.01 Å². The zero-order chi connectivity index (χ0) is 13.8. The minimum Gasteiger partial charge on any atom is -0.382 e. The molecule has 2 rings (SSSR count). The second kappa shape index (κ2) is 5.16. The second-order valence-corrected chi connectivity index (χ2v) is 3.84. The fourth-order valence-electron chi connectivity index (χ4n) is 1.36. The lowest BCUT2D eigenvalue weighted by Gasteiger charge is -1.97. The first-order valence-corrected chi connectivity index (χ1v) is 5.44. The molecular weight excluding hydrogens is 244 g/mol. The summed E-state index contributed by atoms with van der Waals surface area (Å²) in [5.74, 6) is -0.121. The molecule has 0 aliphatic heterocycles. The first-order valence-electron chi connectivity index (χ1n) is 5.44. The zero-order valence-corrected chi connectivity index (χ0v) is 10.2. The average Bonchev–Trinajstić information content (AvgIpc) is 2.34. The van der Waals surface area contributed by atoms with Crippen molar-refractivity contribution in [1.29, 1.82) is 0 Å². The van der Waals surface area contributed by atoms with Crippen LogP contribution in [0.15, 0.2) is 39.0 Å². The molecule has 1 aromatic heterocycles. The molecule has 0 bridgehead atoms. The normalized spacial score (nSPS) is 9.74. The van der Waals surface area contributed by atoms with Gasteiger partial charge in [0.25, 0.3) is 5.56 Å². The highest BCUT2D eigenvalue weighted by Crippen LogP contribution is 2.14. The molecule has 19 heavy (non-hydrogen) atoms. The van der Waals surface area contributed by atoms with Crippen LogP contribution in [0.2, 0.25) is 0 Å². The van der Waals surface area contributed by atoms with Gasteiger partial charge in [0.05, 0.1) is 5.69 Å². The number of nitrogens with two attached hydrogens (primary N) is 2. The number of rotatable bonds is 2. The highest BCUT2D eigenvalue weighted by atomic mass is 16.1. The molecule has 1 heterocycles. The molecule has 0 aliphatic rings. The third-order valence-electron chi connectivity index (χ3n) is 2.32. The van der Waals surface area contributed by atoms with Gasteiger partial charge in [0, 0.05) is 0 Å². The SMILES string of the molecule is Cc1ccc(N=C=Nc2c(N)nc(N)[nH]c2=O)cc1. The van der Waals surface area contributed by atoms with Crippen molar-refractivity contribution in [2.45, 2.75) is 6.92 Å². The standard InChI is InChI=1S/C12H12N6O/c1-7-2-4-8(5-3-7)15-6-16-9-10(13)17-12(14)18-11(9)19/h2-5H,1H3,(H5,13,14,17,18,19). The molecule has 5 N–H and O–H groups in total. The van der Waals surface area contributed by atoms with Gasteiger partial charge in [-0.25, -0.2) is 0 Å². The molecule has 0 unspecified atom stereocenters. The van der Waals surface area contributed by atoms with Crippen molar-refractivity contribution in [2.75, 3.05) is 11.5 Å². The molecule has 0 aliphatic carbocycles. The van der Waals surface area contributed by atoms with Crippen molar-refractivity contribution in [3.05, 3.63) is 40.2 Å². The van der Waals surface area contributed by atoms with Crippen LogP contribution in [-0.4, -0.2) is 16.0 Å². The van der Waals surface area contributed by atoms with Crippen LogP contribution >= 0.6 is 0 Å². The maximum atomic E-state index is 11.5. The Bertz CT molecular complexity index is 710. The number of aryl methyl sites for hydroxylation is 1. The highest BCUT2D eigenvalue weighted by molar-refractivity contribution is 5.64. The molecule has 0 radical (unpaired) electrons. The molecule has 0 saturated carbocycles. The summed E-state index contributed by atoms with van der Waals surface area (Å²) >= 11 is 0. The summed E-state index contributed by atoms with van der Waals surface area (Å²) in [6.07, 6.45) is 0. The van der Waals surface area contributed by atoms with Gasteiger partial charge in [-0.05, 0) is 19.1 Å². The third kappa shape index (κ3) is 3.05. The van der Waals surface area contributed by atoms with E-state index in [4.69, 9.17) is 11.5 Å². The van der Waals surface area contributed by atoms with Gasteiger partial charge in [-0.15, -0.1) is 0 Å². The zero-order valence-electron chi connectivity index (χ0n) is 10.2. The molecule has 2 aromatic rings. The first-order chi connectivity index (χ1) is 9.06. The predicted molar refractivity (Wildman–Crippen MR) is 74.0 cm³/mol. The number of anilines is 2. The Morgan fingerprint density at radius 3 is 2.53 bits per heavy atom. The maximum Gasteiger partial charge on any atom is 0.281 e. The fraction of sp³-hybridized carbons (Fsp3) is 0.0833. The van der Waals surface area contributed by atoms with Crippen molar-refractivity contribution >= 4 is 29.1 Å². The number of benzene rings is 1. The lowest BCUT2D eigenvalue weighted by atomic mass is 10.2. The van der Waals surface area contributed by atoms with Crippen LogP contribution in [-0.2, 0) is 0 Å². The number of H-pyrrole nitrogens is 1. The molecule has 0 spiro atoms.